The second-order valence-electron chi connectivity index (χ2n) is 5.71. The fourth-order valence-corrected chi connectivity index (χ4v) is 3.20. The molecular weight excluding hydrogens is 376 g/mol. The van der Waals surface area contributed by atoms with Crippen molar-refractivity contribution in [1.29, 1.82) is 0 Å². The number of nitrogens with zero attached hydrogens (tertiary/aromatic N) is 4. The number of terminal acetylenes is 1. The molecule has 0 saturated carbocycles. The van der Waals surface area contributed by atoms with E-state index in [9.17, 15) is 18.6 Å². The molecule has 144 valence electrons. The van der Waals surface area contributed by atoms with Crippen LogP contribution in [0.2, 0.25) is 0 Å². The molecule has 2 aromatic rings. The first-order valence-electron chi connectivity index (χ1n) is 7.86. The maximum Gasteiger partial charge on any atom is 0.233 e. The van der Waals surface area contributed by atoms with Gasteiger partial charge < -0.3 is 20.3 Å². The van der Waals surface area contributed by atoms with E-state index >= 15 is 0 Å². The lowest BCUT2D eigenvalue weighted by atomic mass is 10.1. The summed E-state index contributed by atoms with van der Waals surface area (Å²) in [6.45, 7) is 3.19. The summed E-state index contributed by atoms with van der Waals surface area (Å²) in [6.07, 6.45) is 3.28. The summed E-state index contributed by atoms with van der Waals surface area (Å²) in [4.78, 5) is 12.4. The van der Waals surface area contributed by atoms with Gasteiger partial charge in [0, 0.05) is 12.0 Å². The number of rotatable bonds is 7. The molecule has 1 aliphatic rings. The Bertz CT molecular complexity index is 984. The Hall–Kier alpha value is -2.56. The summed E-state index contributed by atoms with van der Waals surface area (Å²) in [5, 5.41) is 24.2. The van der Waals surface area contributed by atoms with Crippen molar-refractivity contribution in [3.63, 3.8) is 0 Å². The topological polar surface area (TPSA) is 151 Å². The van der Waals surface area contributed by atoms with E-state index in [2.05, 4.69) is 37.5 Å². The Balaban J connectivity index is 1.84. The van der Waals surface area contributed by atoms with Gasteiger partial charge in [0.2, 0.25) is 10.0 Å². The molecule has 1 saturated heterocycles. The van der Waals surface area contributed by atoms with Crippen LogP contribution in [0.25, 0.3) is 11.2 Å². The number of sulfonamides is 1. The van der Waals surface area contributed by atoms with Crippen molar-refractivity contribution in [1.82, 2.24) is 24.2 Å². The summed E-state index contributed by atoms with van der Waals surface area (Å²) in [5.74, 6) is 2.84. The summed E-state index contributed by atoms with van der Waals surface area (Å²) in [5.41, 5.74) is 0.766. The normalized spacial score (nSPS) is 25.4. The van der Waals surface area contributed by atoms with Crippen LogP contribution in [0.15, 0.2) is 24.6 Å². The number of imidazole rings is 1. The van der Waals surface area contributed by atoms with Gasteiger partial charge in [-0.25, -0.2) is 28.1 Å². The molecule has 0 aliphatic carbocycles. The Morgan fingerprint density at radius 2 is 2.15 bits per heavy atom. The number of hydrogen-bond donors (Lipinski definition) is 4. The van der Waals surface area contributed by atoms with Crippen LogP contribution in [-0.4, -0.2) is 69.6 Å². The minimum Gasteiger partial charge on any atom is -0.387 e. The minimum absolute atomic E-state index is 0.236. The second kappa shape index (κ2) is 7.59. The van der Waals surface area contributed by atoms with Crippen molar-refractivity contribution in [2.75, 3.05) is 18.4 Å². The van der Waals surface area contributed by atoms with Crippen molar-refractivity contribution in [2.24, 2.45) is 0 Å². The molecule has 2 aromatic heterocycles. The van der Waals surface area contributed by atoms with E-state index in [0.29, 0.717) is 17.0 Å². The SMILES string of the molecule is C#CCNc1ncnc2c1ncn2[C@@H]1O[C@H](CNS(=O)(=O)C=C)[C@@H](O)[C@H]1O. The highest BCUT2D eigenvalue weighted by Crippen LogP contribution is 2.32. The quantitative estimate of drug-likeness (QED) is 0.413. The molecule has 0 spiro atoms. The van der Waals surface area contributed by atoms with Crippen molar-refractivity contribution >= 4 is 27.0 Å². The second-order valence-corrected chi connectivity index (χ2v) is 7.42. The smallest absolute Gasteiger partial charge is 0.233 e. The van der Waals surface area contributed by atoms with Crippen LogP contribution in [-0.2, 0) is 14.8 Å². The Morgan fingerprint density at radius 3 is 2.85 bits per heavy atom. The third-order valence-corrected chi connectivity index (χ3v) is 5.04. The van der Waals surface area contributed by atoms with Gasteiger partial charge in [-0.05, 0) is 0 Å². The third kappa shape index (κ3) is 3.77. The first-order chi connectivity index (χ1) is 12.9. The van der Waals surface area contributed by atoms with Gasteiger partial charge in [-0.1, -0.05) is 12.5 Å². The number of aliphatic hydroxyl groups excluding tert-OH is 2. The van der Waals surface area contributed by atoms with Gasteiger partial charge in [0.25, 0.3) is 0 Å². The number of nitrogens with one attached hydrogen (secondary N) is 2. The van der Waals surface area contributed by atoms with E-state index in [1.807, 2.05) is 0 Å². The first kappa shape index (κ1) is 19.2. The van der Waals surface area contributed by atoms with Crippen LogP contribution >= 0.6 is 0 Å². The highest BCUT2D eigenvalue weighted by molar-refractivity contribution is 7.92. The lowest BCUT2D eigenvalue weighted by Crippen LogP contribution is -2.39. The highest BCUT2D eigenvalue weighted by Gasteiger charge is 2.44. The van der Waals surface area contributed by atoms with Gasteiger partial charge in [0.05, 0.1) is 12.9 Å². The molecule has 12 heteroatoms. The van der Waals surface area contributed by atoms with E-state index in [1.165, 1.54) is 17.2 Å². The summed E-state index contributed by atoms with van der Waals surface area (Å²) in [7, 11) is -3.69. The Morgan fingerprint density at radius 1 is 1.37 bits per heavy atom. The third-order valence-electron chi connectivity index (χ3n) is 4.03. The van der Waals surface area contributed by atoms with Crippen LogP contribution in [0.5, 0.6) is 0 Å². The van der Waals surface area contributed by atoms with Gasteiger partial charge in [0.1, 0.15) is 24.6 Å². The molecule has 3 heterocycles. The predicted octanol–water partition coefficient (Wildman–Crippen LogP) is -1.45. The molecule has 4 N–H and O–H groups in total. The number of aromatic nitrogens is 4. The van der Waals surface area contributed by atoms with Gasteiger partial charge in [-0.3, -0.25) is 4.57 Å². The minimum atomic E-state index is -3.69. The number of anilines is 1. The monoisotopic (exact) mass is 394 g/mol. The number of fused-ring (bicyclic) bond motifs is 1. The molecular formula is C15H18N6O5S. The standard InChI is InChI=1S/C15H18N6O5S/c1-3-5-16-13-10-14(18-7-17-13)21(8-19-10)15-12(23)11(22)9(26-15)6-20-27(24,25)4-2/h1,4,7-9,11-12,15,20,22-23H,2,5-6H2,(H,16,17,18)/t9-,11-,12-,15-/m1/s1. The first-order valence-corrected chi connectivity index (χ1v) is 9.41. The van der Waals surface area contributed by atoms with E-state index in [0.717, 1.165) is 5.41 Å². The largest absolute Gasteiger partial charge is 0.387 e. The van der Waals surface area contributed by atoms with Crippen molar-refractivity contribution in [2.45, 2.75) is 24.5 Å². The zero-order chi connectivity index (χ0) is 19.6. The number of aliphatic hydroxyl groups is 2. The van der Waals surface area contributed by atoms with Crippen molar-refractivity contribution < 1.29 is 23.4 Å². The van der Waals surface area contributed by atoms with Gasteiger partial charge in [0.15, 0.2) is 23.2 Å². The molecule has 1 aliphatic heterocycles. The highest BCUT2D eigenvalue weighted by atomic mass is 32.2. The lowest BCUT2D eigenvalue weighted by molar-refractivity contribution is -0.0329. The van der Waals surface area contributed by atoms with Crippen LogP contribution in [0, 0.1) is 12.3 Å². The number of ether oxygens (including phenoxy) is 1. The van der Waals surface area contributed by atoms with E-state index < -0.39 is 34.6 Å². The zero-order valence-corrected chi connectivity index (χ0v) is 14.9. The molecule has 3 rings (SSSR count). The average Bonchev–Trinajstić information content (AvgIpc) is 3.21. The van der Waals surface area contributed by atoms with Crippen LogP contribution in [0.3, 0.4) is 0 Å². The van der Waals surface area contributed by atoms with Crippen molar-refractivity contribution in [3.8, 4) is 12.3 Å². The fraction of sp³-hybridized carbons (Fsp3) is 0.400. The molecule has 0 aromatic carbocycles. The average molecular weight is 394 g/mol. The van der Waals surface area contributed by atoms with Gasteiger partial charge >= 0.3 is 0 Å². The van der Waals surface area contributed by atoms with E-state index in [4.69, 9.17) is 11.2 Å². The molecule has 0 amide bonds. The lowest BCUT2D eigenvalue weighted by Gasteiger charge is -2.16. The van der Waals surface area contributed by atoms with Crippen molar-refractivity contribution in [3.05, 3.63) is 24.6 Å². The van der Waals surface area contributed by atoms with Crippen LogP contribution in [0.1, 0.15) is 6.23 Å². The van der Waals surface area contributed by atoms with Gasteiger partial charge in [-0.15, -0.1) is 6.42 Å². The molecule has 27 heavy (non-hydrogen) atoms. The molecule has 0 radical (unpaired) electrons. The molecule has 4 atom stereocenters. The maximum atomic E-state index is 11.5. The molecule has 11 nitrogen and oxygen atoms in total. The number of hydrogen-bond acceptors (Lipinski definition) is 9. The summed E-state index contributed by atoms with van der Waals surface area (Å²) in [6, 6.07) is 0. The van der Waals surface area contributed by atoms with E-state index in [1.54, 1.807) is 0 Å². The summed E-state index contributed by atoms with van der Waals surface area (Å²) < 4.78 is 32.2. The molecule has 0 unspecified atom stereocenters. The fourth-order valence-electron chi connectivity index (χ4n) is 2.69. The van der Waals surface area contributed by atoms with E-state index in [-0.39, 0.29) is 13.1 Å². The Labute approximate surface area is 155 Å². The maximum absolute atomic E-state index is 11.5. The van der Waals surface area contributed by atoms with Crippen LogP contribution in [0.4, 0.5) is 5.82 Å². The molecule has 0 bridgehead atoms. The Kier molecular flexibility index (Phi) is 5.40. The summed E-state index contributed by atoms with van der Waals surface area (Å²) >= 11 is 0. The molecule has 1 fully saturated rings. The zero-order valence-electron chi connectivity index (χ0n) is 14.1. The van der Waals surface area contributed by atoms with Gasteiger partial charge in [-0.2, -0.15) is 0 Å². The van der Waals surface area contributed by atoms with Crippen LogP contribution < -0.4 is 10.0 Å². The predicted molar refractivity (Wildman–Crippen MR) is 95.7 cm³/mol.